The van der Waals surface area contributed by atoms with E-state index < -0.39 is 0 Å². The lowest BCUT2D eigenvalue weighted by Gasteiger charge is -2.34. The Hall–Kier alpha value is -1.95. The highest BCUT2D eigenvalue weighted by Gasteiger charge is 2.54. The normalized spacial score (nSPS) is 21.8. The number of aryl methyl sites for hydroxylation is 1. The minimum Gasteiger partial charge on any atom is -0.368 e. The van der Waals surface area contributed by atoms with Crippen molar-refractivity contribution in [2.75, 3.05) is 31.5 Å². The summed E-state index contributed by atoms with van der Waals surface area (Å²) in [6.45, 7) is 11.8. The maximum atomic E-state index is 4.36. The number of hydrogen-bond acceptors (Lipinski definition) is 5. The van der Waals surface area contributed by atoms with E-state index in [1.165, 1.54) is 45.3 Å². The number of nitrogens with zero attached hydrogens (tertiary/aromatic N) is 5. The third kappa shape index (κ3) is 4.37. The van der Waals surface area contributed by atoms with Gasteiger partial charge < -0.3 is 10.2 Å². The molecule has 2 aromatic rings. The van der Waals surface area contributed by atoms with Crippen molar-refractivity contribution in [1.82, 2.24) is 24.9 Å². The van der Waals surface area contributed by atoms with Gasteiger partial charge in [0.15, 0.2) is 0 Å². The quantitative estimate of drug-likeness (QED) is 0.823. The largest absolute Gasteiger partial charge is 0.368 e. The topological polar surface area (TPSA) is 58.9 Å². The van der Waals surface area contributed by atoms with Gasteiger partial charge in [-0.1, -0.05) is 20.8 Å². The van der Waals surface area contributed by atoms with E-state index in [0.717, 1.165) is 29.7 Å². The summed E-state index contributed by atoms with van der Waals surface area (Å²) in [6.07, 6.45) is 7.15. The SMILES string of the molecule is Cn1nccc1-c1ccc(NCC2CC23CCN(CCC(C)(C)C)CC3)nn1. The van der Waals surface area contributed by atoms with Gasteiger partial charge in [0.05, 0.1) is 5.69 Å². The molecule has 1 aliphatic carbocycles. The molecule has 1 unspecified atom stereocenters. The van der Waals surface area contributed by atoms with Crippen LogP contribution in [0.25, 0.3) is 11.4 Å². The van der Waals surface area contributed by atoms with E-state index in [4.69, 9.17) is 0 Å². The monoisotopic (exact) mass is 382 g/mol. The number of hydrogen-bond donors (Lipinski definition) is 1. The fourth-order valence-corrected chi connectivity index (χ4v) is 4.46. The molecule has 2 aliphatic rings. The number of aromatic nitrogens is 4. The van der Waals surface area contributed by atoms with Crippen molar-refractivity contribution in [3.8, 4) is 11.4 Å². The Balaban J connectivity index is 1.23. The third-order valence-corrected chi connectivity index (χ3v) is 6.67. The van der Waals surface area contributed by atoms with Gasteiger partial charge in [-0.25, -0.2) is 0 Å². The molecule has 6 heteroatoms. The van der Waals surface area contributed by atoms with Gasteiger partial charge in [0.1, 0.15) is 11.5 Å². The fourth-order valence-electron chi connectivity index (χ4n) is 4.46. The summed E-state index contributed by atoms with van der Waals surface area (Å²) in [6, 6.07) is 6.00. The Labute approximate surface area is 168 Å². The van der Waals surface area contributed by atoms with Gasteiger partial charge in [0, 0.05) is 19.8 Å². The predicted molar refractivity (Wildman–Crippen MR) is 113 cm³/mol. The lowest BCUT2D eigenvalue weighted by Crippen LogP contribution is -2.37. The van der Waals surface area contributed by atoms with Gasteiger partial charge in [-0.2, -0.15) is 5.10 Å². The maximum Gasteiger partial charge on any atom is 0.148 e. The molecule has 1 spiro atoms. The van der Waals surface area contributed by atoms with Crippen molar-refractivity contribution >= 4 is 5.82 Å². The summed E-state index contributed by atoms with van der Waals surface area (Å²) in [5.74, 6) is 1.66. The summed E-state index contributed by atoms with van der Waals surface area (Å²) in [5.41, 5.74) is 2.87. The predicted octanol–water partition coefficient (Wildman–Crippen LogP) is 3.83. The van der Waals surface area contributed by atoms with Gasteiger partial charge in [0.25, 0.3) is 0 Å². The first-order valence-electron chi connectivity index (χ1n) is 10.6. The molecule has 0 amide bonds. The standard InChI is InChI=1S/C22H34N6/c1-21(2,3)8-12-28-13-9-22(10-14-28)15-17(22)16-23-20-6-5-18(25-26-20)19-7-11-24-27(19)4/h5-7,11,17H,8-10,12-16H2,1-4H3,(H,23,26). The van der Waals surface area contributed by atoms with Crippen LogP contribution in [0.4, 0.5) is 5.82 Å². The van der Waals surface area contributed by atoms with Crippen LogP contribution >= 0.6 is 0 Å². The molecule has 3 heterocycles. The second kappa shape index (κ2) is 7.47. The van der Waals surface area contributed by atoms with Crippen LogP contribution in [0.2, 0.25) is 0 Å². The Morgan fingerprint density at radius 3 is 2.54 bits per heavy atom. The van der Waals surface area contributed by atoms with E-state index in [1.54, 1.807) is 6.20 Å². The van der Waals surface area contributed by atoms with Crippen molar-refractivity contribution in [2.45, 2.75) is 46.5 Å². The van der Waals surface area contributed by atoms with Crippen molar-refractivity contribution in [3.05, 3.63) is 24.4 Å². The summed E-state index contributed by atoms with van der Waals surface area (Å²) >= 11 is 0. The summed E-state index contributed by atoms with van der Waals surface area (Å²) < 4.78 is 1.82. The van der Waals surface area contributed by atoms with E-state index >= 15 is 0 Å². The van der Waals surface area contributed by atoms with Crippen molar-refractivity contribution < 1.29 is 0 Å². The molecule has 1 aliphatic heterocycles. The first-order chi connectivity index (χ1) is 13.3. The zero-order chi connectivity index (χ0) is 19.8. The molecule has 1 N–H and O–H groups in total. The van der Waals surface area contributed by atoms with E-state index in [2.05, 4.69) is 46.3 Å². The van der Waals surface area contributed by atoms with Crippen LogP contribution in [0.1, 0.15) is 46.5 Å². The number of likely N-dealkylation sites (tertiary alicyclic amines) is 1. The van der Waals surface area contributed by atoms with Crippen LogP contribution in [0.5, 0.6) is 0 Å². The van der Waals surface area contributed by atoms with Gasteiger partial charge >= 0.3 is 0 Å². The molecule has 6 nitrogen and oxygen atoms in total. The highest BCUT2D eigenvalue weighted by Crippen LogP contribution is 2.59. The van der Waals surface area contributed by atoms with E-state index in [-0.39, 0.29) is 0 Å². The van der Waals surface area contributed by atoms with Crippen molar-refractivity contribution in [2.24, 2.45) is 23.8 Å². The van der Waals surface area contributed by atoms with Crippen LogP contribution in [-0.4, -0.2) is 51.1 Å². The molecule has 2 aromatic heterocycles. The van der Waals surface area contributed by atoms with Crippen LogP contribution in [-0.2, 0) is 7.05 Å². The van der Waals surface area contributed by atoms with Crippen molar-refractivity contribution in [3.63, 3.8) is 0 Å². The Kier molecular flexibility index (Phi) is 5.17. The Morgan fingerprint density at radius 1 is 1.14 bits per heavy atom. The first kappa shape index (κ1) is 19.4. The van der Waals surface area contributed by atoms with Crippen LogP contribution in [0, 0.1) is 16.7 Å². The lowest BCUT2D eigenvalue weighted by atomic mass is 9.88. The summed E-state index contributed by atoms with van der Waals surface area (Å²) in [5, 5.41) is 16.4. The molecular weight excluding hydrogens is 348 g/mol. The molecule has 4 rings (SSSR count). The third-order valence-electron chi connectivity index (χ3n) is 6.67. The molecule has 2 fully saturated rings. The minimum atomic E-state index is 0.439. The Morgan fingerprint density at radius 2 is 1.93 bits per heavy atom. The molecular formula is C22H34N6. The molecule has 0 radical (unpaired) electrons. The number of piperidine rings is 1. The van der Waals surface area contributed by atoms with Gasteiger partial charge in [-0.05, 0) is 80.3 Å². The van der Waals surface area contributed by atoms with Crippen LogP contribution in [0.15, 0.2) is 24.4 Å². The molecule has 1 saturated heterocycles. The molecule has 0 aromatic carbocycles. The average molecular weight is 383 g/mol. The zero-order valence-electron chi connectivity index (χ0n) is 17.8. The van der Waals surface area contributed by atoms with Crippen LogP contribution < -0.4 is 5.32 Å². The molecule has 28 heavy (non-hydrogen) atoms. The number of rotatable bonds is 6. The Bertz CT molecular complexity index is 780. The first-order valence-corrected chi connectivity index (χ1v) is 10.6. The second-order valence-electron chi connectivity index (χ2n) is 9.94. The summed E-state index contributed by atoms with van der Waals surface area (Å²) in [7, 11) is 1.92. The molecule has 1 atom stereocenters. The number of nitrogens with one attached hydrogen (secondary N) is 1. The molecule has 0 bridgehead atoms. The van der Waals surface area contributed by atoms with E-state index in [0.29, 0.717) is 10.8 Å². The van der Waals surface area contributed by atoms with E-state index in [9.17, 15) is 0 Å². The van der Waals surface area contributed by atoms with Gasteiger partial charge in [0.2, 0.25) is 0 Å². The fraction of sp³-hybridized carbons (Fsp3) is 0.682. The maximum absolute atomic E-state index is 4.36. The van der Waals surface area contributed by atoms with Gasteiger partial charge in [-0.3, -0.25) is 4.68 Å². The minimum absolute atomic E-state index is 0.439. The van der Waals surface area contributed by atoms with Gasteiger partial charge in [-0.15, -0.1) is 10.2 Å². The highest BCUT2D eigenvalue weighted by atomic mass is 15.3. The average Bonchev–Trinajstić information content (AvgIpc) is 3.15. The number of anilines is 1. The smallest absolute Gasteiger partial charge is 0.148 e. The van der Waals surface area contributed by atoms with E-state index in [1.807, 2.05) is 29.9 Å². The lowest BCUT2D eigenvalue weighted by molar-refractivity contribution is 0.147. The molecule has 1 saturated carbocycles. The van der Waals surface area contributed by atoms with Crippen LogP contribution in [0.3, 0.4) is 0 Å². The summed E-state index contributed by atoms with van der Waals surface area (Å²) in [4.78, 5) is 2.67. The van der Waals surface area contributed by atoms with Crippen molar-refractivity contribution in [1.29, 1.82) is 0 Å². The second-order valence-corrected chi connectivity index (χ2v) is 9.94. The zero-order valence-corrected chi connectivity index (χ0v) is 17.8. The molecule has 152 valence electrons. The highest BCUT2D eigenvalue weighted by molar-refractivity contribution is 5.54.